The number of ether oxygens (including phenoxy) is 1. The Hall–Kier alpha value is -0.540. The van der Waals surface area contributed by atoms with E-state index in [1.54, 1.807) is 7.11 Å². The third kappa shape index (κ3) is 5.00. The van der Waals surface area contributed by atoms with Crippen LogP contribution in [0.5, 0.6) is 5.75 Å². The summed E-state index contributed by atoms with van der Waals surface area (Å²) in [7, 11) is 1.72. The molecule has 0 heterocycles. The Morgan fingerprint density at radius 3 is 2.76 bits per heavy atom. The van der Waals surface area contributed by atoms with Gasteiger partial charge in [0.05, 0.1) is 11.6 Å². The normalized spacial score (nSPS) is 22.8. The van der Waals surface area contributed by atoms with Crippen LogP contribution in [0.25, 0.3) is 0 Å². The Morgan fingerprint density at radius 1 is 1.24 bits per heavy atom. The van der Waals surface area contributed by atoms with Crippen LogP contribution in [0, 0.1) is 5.92 Å². The van der Waals surface area contributed by atoms with Crippen LogP contribution in [0.15, 0.2) is 22.7 Å². The van der Waals surface area contributed by atoms with Gasteiger partial charge in [0.25, 0.3) is 0 Å². The molecule has 0 amide bonds. The van der Waals surface area contributed by atoms with Gasteiger partial charge in [0.1, 0.15) is 5.75 Å². The number of halogens is 1. The standard InChI is InChI=1S/C18H28BrNO/c1-3-11-20-17-8-6-4-5-7-15(17)12-14-9-10-18(21-2)16(19)13-14/h9-10,13,15,17,20H,3-8,11-12H2,1-2H3. The van der Waals surface area contributed by atoms with Gasteiger partial charge in [-0.25, -0.2) is 0 Å². The van der Waals surface area contributed by atoms with Gasteiger partial charge in [-0.1, -0.05) is 32.3 Å². The van der Waals surface area contributed by atoms with Crippen LogP contribution in [0.4, 0.5) is 0 Å². The first-order chi connectivity index (χ1) is 10.2. The molecule has 1 N–H and O–H groups in total. The van der Waals surface area contributed by atoms with Crippen molar-refractivity contribution in [2.45, 2.75) is 57.9 Å². The largest absolute Gasteiger partial charge is 0.496 e. The number of nitrogens with one attached hydrogen (secondary N) is 1. The van der Waals surface area contributed by atoms with Crippen molar-refractivity contribution in [1.82, 2.24) is 5.32 Å². The van der Waals surface area contributed by atoms with E-state index < -0.39 is 0 Å². The van der Waals surface area contributed by atoms with E-state index >= 15 is 0 Å². The molecule has 1 aromatic rings. The van der Waals surface area contributed by atoms with Crippen LogP contribution in [-0.4, -0.2) is 19.7 Å². The molecule has 1 aromatic carbocycles. The molecule has 0 aromatic heterocycles. The lowest BCUT2D eigenvalue weighted by molar-refractivity contribution is 0.332. The van der Waals surface area contributed by atoms with Crippen LogP contribution in [0.2, 0.25) is 0 Å². The molecule has 0 bridgehead atoms. The molecule has 1 aliphatic carbocycles. The second-order valence-electron chi connectivity index (χ2n) is 6.13. The van der Waals surface area contributed by atoms with Gasteiger partial charge in [-0.3, -0.25) is 0 Å². The van der Waals surface area contributed by atoms with Gasteiger partial charge in [-0.05, 0) is 71.8 Å². The van der Waals surface area contributed by atoms with E-state index in [1.807, 2.05) is 0 Å². The first-order valence-corrected chi connectivity index (χ1v) is 9.09. The highest BCUT2D eigenvalue weighted by Crippen LogP contribution is 2.30. The number of methoxy groups -OCH3 is 1. The van der Waals surface area contributed by atoms with E-state index in [4.69, 9.17) is 4.74 Å². The highest BCUT2D eigenvalue weighted by atomic mass is 79.9. The van der Waals surface area contributed by atoms with Crippen molar-refractivity contribution in [2.24, 2.45) is 5.92 Å². The van der Waals surface area contributed by atoms with Crippen LogP contribution >= 0.6 is 15.9 Å². The Bertz CT molecular complexity index is 435. The second-order valence-corrected chi connectivity index (χ2v) is 6.99. The average Bonchev–Trinajstić information content (AvgIpc) is 2.71. The molecular formula is C18H28BrNO. The first kappa shape index (κ1) is 16.8. The second kappa shape index (κ2) is 8.79. The van der Waals surface area contributed by atoms with E-state index in [-0.39, 0.29) is 0 Å². The van der Waals surface area contributed by atoms with Crippen molar-refractivity contribution in [3.63, 3.8) is 0 Å². The lowest BCUT2D eigenvalue weighted by atomic mass is 9.88. The molecule has 2 nitrogen and oxygen atoms in total. The molecule has 1 fully saturated rings. The summed E-state index contributed by atoms with van der Waals surface area (Å²) in [6.07, 6.45) is 9.23. The Morgan fingerprint density at radius 2 is 2.05 bits per heavy atom. The summed E-state index contributed by atoms with van der Waals surface area (Å²) in [6, 6.07) is 7.20. The Kier molecular flexibility index (Phi) is 7.05. The van der Waals surface area contributed by atoms with Crippen LogP contribution in [0.3, 0.4) is 0 Å². The molecular weight excluding hydrogens is 326 g/mol. The minimum atomic E-state index is 0.688. The molecule has 1 aliphatic rings. The van der Waals surface area contributed by atoms with Crippen molar-refractivity contribution < 1.29 is 4.74 Å². The van der Waals surface area contributed by atoms with Gasteiger partial charge < -0.3 is 10.1 Å². The van der Waals surface area contributed by atoms with Crippen LogP contribution in [-0.2, 0) is 6.42 Å². The van der Waals surface area contributed by atoms with Crippen molar-refractivity contribution in [1.29, 1.82) is 0 Å². The van der Waals surface area contributed by atoms with Gasteiger partial charge in [0.15, 0.2) is 0 Å². The summed E-state index contributed by atoms with van der Waals surface area (Å²) in [6.45, 7) is 3.40. The lowest BCUT2D eigenvalue weighted by Crippen LogP contribution is -2.37. The summed E-state index contributed by atoms with van der Waals surface area (Å²) >= 11 is 3.60. The average molecular weight is 354 g/mol. The highest BCUT2D eigenvalue weighted by Gasteiger charge is 2.23. The summed E-state index contributed by atoms with van der Waals surface area (Å²) in [4.78, 5) is 0. The van der Waals surface area contributed by atoms with E-state index in [2.05, 4.69) is 46.4 Å². The first-order valence-electron chi connectivity index (χ1n) is 8.30. The molecule has 0 saturated heterocycles. The maximum Gasteiger partial charge on any atom is 0.133 e. The van der Waals surface area contributed by atoms with Crippen LogP contribution in [0.1, 0.15) is 51.0 Å². The molecule has 118 valence electrons. The SMILES string of the molecule is CCCNC1CCCCCC1Cc1ccc(OC)c(Br)c1. The highest BCUT2D eigenvalue weighted by molar-refractivity contribution is 9.10. The van der Waals surface area contributed by atoms with Gasteiger partial charge in [-0.15, -0.1) is 0 Å². The number of rotatable bonds is 6. The predicted molar refractivity (Wildman–Crippen MR) is 93.1 cm³/mol. The maximum atomic E-state index is 5.32. The predicted octanol–water partition coefficient (Wildman–Crippen LogP) is 4.95. The Labute approximate surface area is 137 Å². The molecule has 0 radical (unpaired) electrons. The molecule has 2 rings (SSSR count). The van der Waals surface area contributed by atoms with Crippen LogP contribution < -0.4 is 10.1 Å². The summed E-state index contributed by atoms with van der Waals surface area (Å²) in [5, 5.41) is 3.78. The van der Waals surface area contributed by atoms with E-state index in [9.17, 15) is 0 Å². The van der Waals surface area contributed by atoms with Crippen molar-refractivity contribution in [3.8, 4) is 5.75 Å². The molecule has 0 spiro atoms. The molecule has 1 saturated carbocycles. The lowest BCUT2D eigenvalue weighted by Gasteiger charge is -2.26. The summed E-state index contributed by atoms with van der Waals surface area (Å²) < 4.78 is 6.39. The molecule has 2 atom stereocenters. The zero-order valence-corrected chi connectivity index (χ0v) is 14.9. The zero-order valence-electron chi connectivity index (χ0n) is 13.3. The minimum Gasteiger partial charge on any atom is -0.496 e. The summed E-state index contributed by atoms with van der Waals surface area (Å²) in [5.41, 5.74) is 1.41. The third-order valence-electron chi connectivity index (χ3n) is 4.53. The molecule has 2 unspecified atom stereocenters. The molecule has 3 heteroatoms. The third-order valence-corrected chi connectivity index (χ3v) is 5.15. The number of hydrogen-bond donors (Lipinski definition) is 1. The topological polar surface area (TPSA) is 21.3 Å². The monoisotopic (exact) mass is 353 g/mol. The summed E-state index contributed by atoms with van der Waals surface area (Å²) in [5.74, 6) is 1.68. The van der Waals surface area contributed by atoms with Crippen molar-refractivity contribution in [2.75, 3.05) is 13.7 Å². The number of benzene rings is 1. The van der Waals surface area contributed by atoms with Crippen molar-refractivity contribution in [3.05, 3.63) is 28.2 Å². The molecule has 21 heavy (non-hydrogen) atoms. The Balaban J connectivity index is 2.04. The van der Waals surface area contributed by atoms with Gasteiger partial charge in [0, 0.05) is 6.04 Å². The number of hydrogen-bond acceptors (Lipinski definition) is 2. The molecule has 0 aliphatic heterocycles. The fraction of sp³-hybridized carbons (Fsp3) is 0.667. The van der Waals surface area contributed by atoms with E-state index in [1.165, 1.54) is 50.5 Å². The fourth-order valence-electron chi connectivity index (χ4n) is 3.37. The zero-order chi connectivity index (χ0) is 15.1. The maximum absolute atomic E-state index is 5.32. The smallest absolute Gasteiger partial charge is 0.133 e. The van der Waals surface area contributed by atoms with Gasteiger partial charge >= 0.3 is 0 Å². The van der Waals surface area contributed by atoms with Gasteiger partial charge in [-0.2, -0.15) is 0 Å². The van der Waals surface area contributed by atoms with Crippen molar-refractivity contribution >= 4 is 15.9 Å². The van der Waals surface area contributed by atoms with E-state index in [0.29, 0.717) is 6.04 Å². The fourth-order valence-corrected chi connectivity index (χ4v) is 3.95. The van der Waals surface area contributed by atoms with E-state index in [0.717, 1.165) is 22.7 Å². The quantitative estimate of drug-likeness (QED) is 0.730. The van der Waals surface area contributed by atoms with Gasteiger partial charge in [0.2, 0.25) is 0 Å². The minimum absolute atomic E-state index is 0.688.